The van der Waals surface area contributed by atoms with Gasteiger partial charge in [-0.2, -0.15) is 5.26 Å². The first-order valence-electron chi connectivity index (χ1n) is 12.9. The molecule has 6 rings (SSSR count). The highest BCUT2D eigenvalue weighted by atomic mass is 16.6. The molecule has 5 unspecified atom stereocenters. The number of nitrogens with one attached hydrogen (secondary N) is 1. The van der Waals surface area contributed by atoms with Crippen LogP contribution < -0.4 is 16.8 Å². The van der Waals surface area contributed by atoms with Crippen LogP contribution in [0.4, 0.5) is 0 Å². The van der Waals surface area contributed by atoms with E-state index in [0.717, 1.165) is 57.8 Å². The normalized spacial score (nSPS) is 41.9. The fourth-order valence-electron chi connectivity index (χ4n) is 8.20. The molecule has 6 aliphatic rings. The third-order valence-electron chi connectivity index (χ3n) is 9.38. The van der Waals surface area contributed by atoms with E-state index in [1.54, 1.807) is 11.9 Å². The SMILES string of the molecule is CN[C@@H](CCCCN)C(=O)OC12CC3C[C@H](C1)CC([C@H](N)C(=O)N1C4CC4C[C@H]1C#N)(C3)C2. The van der Waals surface area contributed by atoms with E-state index in [0.29, 0.717) is 37.1 Å². The molecule has 5 N–H and O–H groups in total. The van der Waals surface area contributed by atoms with E-state index in [-0.39, 0.29) is 35.4 Å². The number of amides is 1. The predicted molar refractivity (Wildman–Crippen MR) is 122 cm³/mol. The average molecular weight is 458 g/mol. The first-order valence-corrected chi connectivity index (χ1v) is 12.9. The molecule has 0 spiro atoms. The van der Waals surface area contributed by atoms with Crippen LogP contribution in [0.1, 0.15) is 70.6 Å². The second-order valence-corrected chi connectivity index (χ2v) is 11.7. The van der Waals surface area contributed by atoms with Crippen LogP contribution in [0.5, 0.6) is 0 Å². The largest absolute Gasteiger partial charge is 0.458 e. The number of unbranched alkanes of at least 4 members (excludes halogenated alkanes) is 1. The van der Waals surface area contributed by atoms with Gasteiger partial charge in [-0.15, -0.1) is 0 Å². The number of nitriles is 1. The van der Waals surface area contributed by atoms with Crippen LogP contribution in [0, 0.1) is 34.5 Å². The number of likely N-dealkylation sites (tertiary alicyclic amines) is 1. The second kappa shape index (κ2) is 8.51. The van der Waals surface area contributed by atoms with Gasteiger partial charge < -0.3 is 26.4 Å². The minimum Gasteiger partial charge on any atom is -0.458 e. The molecule has 1 heterocycles. The summed E-state index contributed by atoms with van der Waals surface area (Å²) in [6, 6.07) is 1.24. The summed E-state index contributed by atoms with van der Waals surface area (Å²) in [6.07, 6.45) is 9.72. The zero-order valence-corrected chi connectivity index (χ0v) is 19.8. The van der Waals surface area contributed by atoms with Crippen LogP contribution in [-0.2, 0) is 14.3 Å². The van der Waals surface area contributed by atoms with Gasteiger partial charge in [0, 0.05) is 6.04 Å². The molecule has 5 aliphatic carbocycles. The third-order valence-corrected chi connectivity index (χ3v) is 9.38. The number of nitrogens with two attached hydrogens (primary N) is 2. The van der Waals surface area contributed by atoms with Crippen molar-refractivity contribution in [3.05, 3.63) is 0 Å². The predicted octanol–water partition coefficient (Wildman–Crippen LogP) is 1.43. The zero-order chi connectivity index (χ0) is 23.4. The van der Waals surface area contributed by atoms with E-state index in [1.165, 1.54) is 0 Å². The summed E-state index contributed by atoms with van der Waals surface area (Å²) in [4.78, 5) is 28.6. The van der Waals surface area contributed by atoms with Gasteiger partial charge in [0.1, 0.15) is 17.7 Å². The lowest BCUT2D eigenvalue weighted by Gasteiger charge is -2.62. The van der Waals surface area contributed by atoms with Crippen molar-refractivity contribution < 1.29 is 14.3 Å². The summed E-state index contributed by atoms with van der Waals surface area (Å²) in [5, 5.41) is 12.7. The van der Waals surface area contributed by atoms with Crippen molar-refractivity contribution >= 4 is 11.9 Å². The molecule has 182 valence electrons. The highest BCUT2D eigenvalue weighted by Crippen LogP contribution is 2.64. The fraction of sp³-hybridized carbons (Fsp3) is 0.880. The lowest BCUT2D eigenvalue weighted by molar-refractivity contribution is -0.207. The van der Waals surface area contributed by atoms with Gasteiger partial charge in [0.2, 0.25) is 5.91 Å². The van der Waals surface area contributed by atoms with Gasteiger partial charge in [-0.25, -0.2) is 0 Å². The summed E-state index contributed by atoms with van der Waals surface area (Å²) in [5.74, 6) is 1.14. The molecular weight excluding hydrogens is 418 g/mol. The van der Waals surface area contributed by atoms with E-state index in [2.05, 4.69) is 11.4 Å². The minimum atomic E-state index is -0.624. The van der Waals surface area contributed by atoms with Gasteiger partial charge in [-0.3, -0.25) is 9.59 Å². The Morgan fingerprint density at radius 2 is 1.91 bits per heavy atom. The molecule has 5 saturated carbocycles. The molecule has 33 heavy (non-hydrogen) atoms. The quantitative estimate of drug-likeness (QED) is 0.352. The summed E-state index contributed by atoms with van der Waals surface area (Å²) in [5.41, 5.74) is 11.6. The first-order chi connectivity index (χ1) is 15.8. The number of fused-ring (bicyclic) bond motifs is 1. The number of hydrogen-bond acceptors (Lipinski definition) is 7. The van der Waals surface area contributed by atoms with Gasteiger partial charge in [0.05, 0.1) is 12.1 Å². The lowest BCUT2D eigenvalue weighted by Crippen LogP contribution is -2.66. The Labute approximate surface area is 196 Å². The minimum absolute atomic E-state index is 0.0511. The number of rotatable bonds is 9. The fourth-order valence-corrected chi connectivity index (χ4v) is 8.20. The van der Waals surface area contributed by atoms with Crippen molar-refractivity contribution in [2.24, 2.45) is 34.6 Å². The topological polar surface area (TPSA) is 134 Å². The Balaban J connectivity index is 1.32. The Morgan fingerprint density at radius 1 is 1.18 bits per heavy atom. The van der Waals surface area contributed by atoms with Crippen molar-refractivity contribution in [3.8, 4) is 6.07 Å². The number of hydrogen-bond donors (Lipinski definition) is 3. The highest BCUT2D eigenvalue weighted by molar-refractivity contribution is 5.84. The first kappa shape index (κ1) is 23.1. The molecule has 1 aliphatic heterocycles. The maximum atomic E-state index is 13.6. The molecule has 0 radical (unpaired) electrons. The van der Waals surface area contributed by atoms with E-state index < -0.39 is 11.6 Å². The molecule has 1 saturated heterocycles. The Bertz CT molecular complexity index is 826. The Morgan fingerprint density at radius 3 is 2.55 bits per heavy atom. The summed E-state index contributed by atoms with van der Waals surface area (Å²) in [6.45, 7) is 0.624. The molecule has 0 aromatic carbocycles. The van der Waals surface area contributed by atoms with Gasteiger partial charge in [0.15, 0.2) is 0 Å². The summed E-state index contributed by atoms with van der Waals surface area (Å²) < 4.78 is 6.32. The molecule has 6 fully saturated rings. The monoisotopic (exact) mass is 457 g/mol. The number of esters is 1. The number of carbonyl (C=O) groups is 2. The van der Waals surface area contributed by atoms with Crippen molar-refractivity contribution in [3.63, 3.8) is 0 Å². The van der Waals surface area contributed by atoms with E-state index in [1.807, 2.05) is 0 Å². The number of carbonyl (C=O) groups excluding carboxylic acids is 2. The number of ether oxygens (including phenoxy) is 1. The van der Waals surface area contributed by atoms with Crippen molar-refractivity contribution in [2.75, 3.05) is 13.6 Å². The number of nitrogens with zero attached hydrogens (tertiary/aromatic N) is 2. The second-order valence-electron chi connectivity index (χ2n) is 11.7. The van der Waals surface area contributed by atoms with E-state index in [4.69, 9.17) is 16.2 Å². The molecule has 0 aromatic rings. The zero-order valence-electron chi connectivity index (χ0n) is 19.8. The smallest absolute Gasteiger partial charge is 0.323 e. The molecular formula is C25H39N5O3. The van der Waals surface area contributed by atoms with Crippen LogP contribution in [0.3, 0.4) is 0 Å². The highest BCUT2D eigenvalue weighted by Gasteiger charge is 2.64. The molecule has 8 nitrogen and oxygen atoms in total. The average Bonchev–Trinajstić information content (AvgIpc) is 3.44. The maximum Gasteiger partial charge on any atom is 0.323 e. The van der Waals surface area contributed by atoms with Crippen LogP contribution in [0.15, 0.2) is 0 Å². The lowest BCUT2D eigenvalue weighted by atomic mass is 9.46. The van der Waals surface area contributed by atoms with Gasteiger partial charge in [-0.05, 0) is 101 Å². The van der Waals surface area contributed by atoms with Gasteiger partial charge in [-0.1, -0.05) is 6.42 Å². The van der Waals surface area contributed by atoms with E-state index in [9.17, 15) is 14.9 Å². The number of piperidine rings is 1. The van der Waals surface area contributed by atoms with Crippen molar-refractivity contribution in [2.45, 2.75) is 100 Å². The molecule has 9 atom stereocenters. The Kier molecular flexibility index (Phi) is 5.95. The van der Waals surface area contributed by atoms with Crippen LogP contribution in [0.2, 0.25) is 0 Å². The number of likely N-dealkylation sites (N-methyl/N-ethyl adjacent to an activating group) is 1. The summed E-state index contributed by atoms with van der Waals surface area (Å²) in [7, 11) is 1.80. The van der Waals surface area contributed by atoms with E-state index >= 15 is 0 Å². The standard InChI is InChI=1S/C25H39N5O3/c1-29-19(4-2-3-5-26)23(32)33-25-11-15-6-16(12-25)10-24(9-15,14-25)21(28)22(31)30-18(13-27)7-17-8-20(17)30/h15-21,29H,2-12,14,26,28H2,1H3/t15-,16?,17?,18-,19-,20?,21+,24?,25?/m0/s1. The van der Waals surface area contributed by atoms with Gasteiger partial charge in [0.25, 0.3) is 0 Å². The van der Waals surface area contributed by atoms with Crippen molar-refractivity contribution in [1.82, 2.24) is 10.2 Å². The van der Waals surface area contributed by atoms with Crippen LogP contribution >= 0.6 is 0 Å². The molecule has 8 heteroatoms. The third kappa shape index (κ3) is 3.96. The van der Waals surface area contributed by atoms with Crippen molar-refractivity contribution in [1.29, 1.82) is 5.26 Å². The molecule has 4 bridgehead atoms. The maximum absolute atomic E-state index is 13.6. The van der Waals surface area contributed by atoms with Crippen LogP contribution in [-0.4, -0.2) is 60.1 Å². The summed E-state index contributed by atoms with van der Waals surface area (Å²) >= 11 is 0. The van der Waals surface area contributed by atoms with Gasteiger partial charge >= 0.3 is 5.97 Å². The van der Waals surface area contributed by atoms with Crippen LogP contribution in [0.25, 0.3) is 0 Å². The molecule has 1 amide bonds. The Hall–Kier alpha value is -1.69. The molecule has 0 aromatic heterocycles.